The monoisotopic (exact) mass is 683 g/mol. The zero-order valence-corrected chi connectivity index (χ0v) is 28.4. The number of rotatable bonds is 5. The van der Waals surface area contributed by atoms with Gasteiger partial charge in [-0.2, -0.15) is 18.2 Å². The van der Waals surface area contributed by atoms with E-state index in [-0.39, 0.29) is 43.7 Å². The molecule has 2 fully saturated rings. The number of hydrogen-bond acceptors (Lipinski definition) is 8. The molecule has 4 bridgehead atoms. The molecule has 2 aliphatic carbocycles. The Bertz CT molecular complexity index is 1680. The van der Waals surface area contributed by atoms with Crippen LogP contribution in [0.4, 0.5) is 23.9 Å². The van der Waals surface area contributed by atoms with Crippen LogP contribution in [-0.4, -0.2) is 63.4 Å². The summed E-state index contributed by atoms with van der Waals surface area (Å²) >= 11 is 1.22. The van der Waals surface area contributed by atoms with Crippen LogP contribution in [0.3, 0.4) is 0 Å². The lowest BCUT2D eigenvalue weighted by molar-refractivity contribution is -0.193. The summed E-state index contributed by atoms with van der Waals surface area (Å²) in [7, 11) is 0. The lowest BCUT2D eigenvalue weighted by Gasteiger charge is -2.47. The van der Waals surface area contributed by atoms with Gasteiger partial charge in [0.05, 0.1) is 17.2 Å². The summed E-state index contributed by atoms with van der Waals surface area (Å²) in [4.78, 5) is 38.4. The third-order valence-corrected chi connectivity index (χ3v) is 9.92. The summed E-state index contributed by atoms with van der Waals surface area (Å²) in [6.45, 7) is 9.05. The molecule has 2 saturated carbocycles. The number of ether oxygens (including phenoxy) is 2. The van der Waals surface area contributed by atoms with E-state index >= 15 is 0 Å². The number of aromatic nitrogens is 2. The summed E-state index contributed by atoms with van der Waals surface area (Å²) in [5, 5.41) is 2.84. The quantitative estimate of drug-likeness (QED) is 0.262. The summed E-state index contributed by atoms with van der Waals surface area (Å²) in [5.74, 6) is 0.0607. The number of alkyl carbamates (subject to hydrolysis) is 1. The molecule has 2 N–H and O–H groups in total. The van der Waals surface area contributed by atoms with Crippen LogP contribution in [0.5, 0.6) is 5.88 Å². The average Bonchev–Trinajstić information content (AvgIpc) is 3.77. The Morgan fingerprint density at radius 3 is 2.42 bits per heavy atom. The van der Waals surface area contributed by atoms with E-state index in [1.807, 2.05) is 38.1 Å². The van der Waals surface area contributed by atoms with Gasteiger partial charge in [0.2, 0.25) is 11.8 Å². The smallest absolute Gasteiger partial charge is 0.407 e. The molecule has 0 radical (unpaired) electrons. The molecule has 3 aliphatic rings. The molecular formula is C35H40F3N5O4S. The average molecular weight is 684 g/mol. The van der Waals surface area contributed by atoms with Crippen molar-refractivity contribution in [2.24, 2.45) is 5.41 Å². The van der Waals surface area contributed by atoms with Gasteiger partial charge in [0.25, 0.3) is 5.91 Å². The predicted molar refractivity (Wildman–Crippen MR) is 177 cm³/mol. The Kier molecular flexibility index (Phi) is 9.03. The van der Waals surface area contributed by atoms with Crippen molar-refractivity contribution in [3.8, 4) is 17.1 Å². The number of halogens is 3. The second-order valence-corrected chi connectivity index (χ2v) is 14.9. The van der Waals surface area contributed by atoms with Gasteiger partial charge in [-0.3, -0.25) is 9.52 Å². The van der Waals surface area contributed by atoms with E-state index in [0.29, 0.717) is 29.0 Å². The van der Waals surface area contributed by atoms with Gasteiger partial charge in [-0.05, 0) is 108 Å². The third-order valence-electron chi connectivity index (χ3n) is 9.14. The van der Waals surface area contributed by atoms with E-state index in [1.54, 1.807) is 49.9 Å². The molecule has 3 aromatic rings. The Morgan fingerprint density at radius 2 is 1.77 bits per heavy atom. The molecule has 13 heteroatoms. The van der Waals surface area contributed by atoms with Crippen molar-refractivity contribution < 1.29 is 32.2 Å². The minimum atomic E-state index is -4.43. The van der Waals surface area contributed by atoms with Crippen LogP contribution in [0.25, 0.3) is 11.3 Å². The minimum Gasteiger partial charge on any atom is -0.475 e. The van der Waals surface area contributed by atoms with Gasteiger partial charge in [0, 0.05) is 34.2 Å². The van der Waals surface area contributed by atoms with Crippen molar-refractivity contribution in [1.82, 2.24) is 20.2 Å². The van der Waals surface area contributed by atoms with Gasteiger partial charge < -0.3 is 19.7 Å². The predicted octanol–water partition coefficient (Wildman–Crippen LogP) is 7.87. The van der Waals surface area contributed by atoms with Gasteiger partial charge in [0.1, 0.15) is 12.2 Å². The van der Waals surface area contributed by atoms with Crippen molar-refractivity contribution in [3.63, 3.8) is 0 Å². The van der Waals surface area contributed by atoms with Crippen LogP contribution in [-0.2, 0) is 4.74 Å². The maximum Gasteiger partial charge on any atom is 0.407 e. The number of fused-ring (bicyclic) bond motifs is 4. The normalized spacial score (nSPS) is 22.1. The lowest BCUT2D eigenvalue weighted by Crippen LogP contribution is -2.60. The molecule has 9 nitrogen and oxygen atoms in total. The van der Waals surface area contributed by atoms with Gasteiger partial charge in [-0.1, -0.05) is 24.3 Å². The SMILES string of the molecule is Cc1cccc(C)c1-c1cc2nc(n1)NSc1cccc(c1)C(=O)N(C1CC(NC(=O)OC(C)(C)C)C1)C(CC1(C(F)(F)F)CC1)CO2. The van der Waals surface area contributed by atoms with Gasteiger partial charge in [0.15, 0.2) is 0 Å². The van der Waals surface area contributed by atoms with Crippen molar-refractivity contribution in [2.75, 3.05) is 11.3 Å². The van der Waals surface area contributed by atoms with Crippen molar-refractivity contribution in [3.05, 3.63) is 65.2 Å². The van der Waals surface area contributed by atoms with Crippen LogP contribution in [0, 0.1) is 19.3 Å². The molecular weight excluding hydrogens is 643 g/mol. The molecule has 2 heterocycles. The Morgan fingerprint density at radius 1 is 1.08 bits per heavy atom. The van der Waals surface area contributed by atoms with Crippen LogP contribution in [0.15, 0.2) is 53.4 Å². The van der Waals surface area contributed by atoms with E-state index in [9.17, 15) is 22.8 Å². The van der Waals surface area contributed by atoms with Gasteiger partial charge in [-0.25, -0.2) is 9.78 Å². The highest BCUT2D eigenvalue weighted by Crippen LogP contribution is 2.61. The molecule has 1 aromatic heterocycles. The number of hydrogen-bond donors (Lipinski definition) is 2. The fourth-order valence-corrected chi connectivity index (χ4v) is 7.13. The van der Waals surface area contributed by atoms with E-state index in [2.05, 4.69) is 15.0 Å². The molecule has 1 aliphatic heterocycles. The molecule has 6 rings (SSSR count). The first-order chi connectivity index (χ1) is 22.6. The second-order valence-electron chi connectivity index (χ2n) is 14.0. The largest absolute Gasteiger partial charge is 0.475 e. The van der Waals surface area contributed by atoms with E-state index in [1.165, 1.54) is 11.9 Å². The van der Waals surface area contributed by atoms with E-state index < -0.39 is 41.3 Å². The first kappa shape index (κ1) is 33.9. The molecule has 1 unspecified atom stereocenters. The number of carbonyl (C=O) groups is 2. The fourth-order valence-electron chi connectivity index (χ4n) is 6.50. The van der Waals surface area contributed by atoms with Gasteiger partial charge >= 0.3 is 12.3 Å². The maximum absolute atomic E-state index is 14.4. The third kappa shape index (κ3) is 7.35. The highest BCUT2D eigenvalue weighted by atomic mass is 32.2. The number of aryl methyl sites for hydroxylation is 2. The van der Waals surface area contributed by atoms with Gasteiger partial charge in [-0.15, -0.1) is 0 Å². The van der Waals surface area contributed by atoms with Crippen molar-refractivity contribution in [1.29, 1.82) is 0 Å². The van der Waals surface area contributed by atoms with Crippen LogP contribution in [0.2, 0.25) is 0 Å². The first-order valence-corrected chi connectivity index (χ1v) is 16.9. The molecule has 0 spiro atoms. The summed E-state index contributed by atoms with van der Waals surface area (Å²) < 4.78 is 58.1. The highest BCUT2D eigenvalue weighted by molar-refractivity contribution is 8.00. The molecule has 48 heavy (non-hydrogen) atoms. The molecule has 256 valence electrons. The summed E-state index contributed by atoms with van der Waals surface area (Å²) in [6.07, 6.45) is -4.60. The zero-order valence-electron chi connectivity index (χ0n) is 27.6. The van der Waals surface area contributed by atoms with Crippen LogP contribution >= 0.6 is 11.9 Å². The number of alkyl halides is 3. The molecule has 1 atom stereocenters. The van der Waals surface area contributed by atoms with E-state index in [4.69, 9.17) is 14.5 Å². The van der Waals surface area contributed by atoms with E-state index in [0.717, 1.165) is 16.7 Å². The standard InChI is InChI=1S/C35H40F3N5O4S/c1-20-8-6-9-21(2)29(20)27-17-28-41-31(40-27)42-48-26-11-7-10-22(14-26)30(44)43(24-15-23(16-24)39-32(45)47-33(3,4)5)25(19-46-28)18-34(12-13-34)35(36,37)38/h6-11,14,17,23-25H,12-13,15-16,18-19H2,1-5H3,(H,39,45)(H,40,41,42). The molecule has 2 amide bonds. The Hall–Kier alpha value is -4.00. The Labute approximate surface area is 282 Å². The maximum atomic E-state index is 14.4. The number of anilines is 1. The summed E-state index contributed by atoms with van der Waals surface area (Å²) in [6, 6.07) is 12.9. The van der Waals surface area contributed by atoms with Crippen LogP contribution < -0.4 is 14.8 Å². The molecule has 2 aromatic carbocycles. The number of nitrogens with one attached hydrogen (secondary N) is 2. The molecule has 0 saturated heterocycles. The second kappa shape index (κ2) is 12.8. The Balaban J connectivity index is 1.37. The number of carbonyl (C=O) groups excluding carboxylic acids is 2. The van der Waals surface area contributed by atoms with Crippen molar-refractivity contribution in [2.45, 2.75) is 102 Å². The van der Waals surface area contributed by atoms with Crippen molar-refractivity contribution >= 4 is 29.9 Å². The zero-order chi connectivity index (χ0) is 34.4. The first-order valence-electron chi connectivity index (χ1n) is 16.1. The number of amides is 2. The number of benzene rings is 2. The minimum absolute atomic E-state index is 0.00701. The fraction of sp³-hybridized carbons (Fsp3) is 0.486. The topological polar surface area (TPSA) is 106 Å². The van der Waals surface area contributed by atoms with Crippen LogP contribution in [0.1, 0.15) is 74.4 Å². The summed E-state index contributed by atoms with van der Waals surface area (Å²) in [5.41, 5.74) is 1.27. The highest BCUT2D eigenvalue weighted by Gasteiger charge is 2.64. The number of nitrogens with zero attached hydrogens (tertiary/aromatic N) is 3. The lowest BCUT2D eigenvalue weighted by atomic mass is 9.83.